The molecule has 27 heavy (non-hydrogen) atoms. The predicted molar refractivity (Wildman–Crippen MR) is 107 cm³/mol. The van der Waals surface area contributed by atoms with Crippen molar-refractivity contribution in [2.75, 3.05) is 12.4 Å². The van der Waals surface area contributed by atoms with Crippen LogP contribution in [0.4, 0.5) is 10.1 Å². The lowest BCUT2D eigenvalue weighted by atomic mass is 9.77. The quantitative estimate of drug-likeness (QED) is 0.612. The number of nitrogens with one attached hydrogen (secondary N) is 3. The highest BCUT2D eigenvalue weighted by Gasteiger charge is 2.46. The Morgan fingerprint density at radius 2 is 1.74 bits per heavy atom. The Morgan fingerprint density at radius 1 is 1.15 bits per heavy atom. The molecule has 1 atom stereocenters. The third-order valence-corrected chi connectivity index (χ3v) is 5.69. The van der Waals surface area contributed by atoms with Crippen LogP contribution in [-0.2, 0) is 0 Å². The number of piperidine rings is 1. The van der Waals surface area contributed by atoms with Crippen molar-refractivity contribution >= 4 is 11.6 Å². The number of para-hydroxylation sites is 1. The summed E-state index contributed by atoms with van der Waals surface area (Å²) in [4.78, 5) is 6.52. The molecule has 0 bridgehead atoms. The molecule has 2 aliphatic heterocycles. The first-order chi connectivity index (χ1) is 12.5. The Labute approximate surface area is 160 Å². The molecule has 4 N–H and O–H groups in total. The molecule has 1 saturated heterocycles. The van der Waals surface area contributed by atoms with Gasteiger partial charge in [-0.2, -0.15) is 4.99 Å². The smallest absolute Gasteiger partial charge is 0.272 e. The first-order valence-electron chi connectivity index (χ1n) is 9.30. The first kappa shape index (κ1) is 19.8. The lowest BCUT2D eigenvalue weighted by molar-refractivity contribution is -0.0501. The van der Waals surface area contributed by atoms with E-state index < -0.39 is 11.7 Å². The summed E-state index contributed by atoms with van der Waals surface area (Å²) in [5, 5.41) is 19.8. The number of aliphatic imine (C=N–C) groups is 1. The van der Waals surface area contributed by atoms with Gasteiger partial charge in [0.05, 0.1) is 0 Å². The third-order valence-electron chi connectivity index (χ3n) is 5.69. The molecule has 1 aromatic carbocycles. The Hall–Kier alpha value is -1.96. The van der Waals surface area contributed by atoms with Crippen molar-refractivity contribution in [2.45, 2.75) is 63.5 Å². The van der Waals surface area contributed by atoms with Crippen LogP contribution in [0.25, 0.3) is 0 Å². The number of hydrogen-bond donors (Lipinski definition) is 4. The molecule has 3 rings (SSSR count). The minimum Gasteiger partial charge on any atom is -0.352 e. The number of guanidine groups is 1. The second kappa shape index (κ2) is 6.89. The van der Waals surface area contributed by atoms with Gasteiger partial charge < -0.3 is 15.7 Å². The Bertz CT molecular complexity index is 728. The van der Waals surface area contributed by atoms with Gasteiger partial charge in [0.25, 0.3) is 5.85 Å². The highest BCUT2D eigenvalue weighted by atomic mass is 19.1. The van der Waals surface area contributed by atoms with Gasteiger partial charge in [0.2, 0.25) is 5.96 Å². The fourth-order valence-corrected chi connectivity index (χ4v) is 4.06. The molecule has 0 spiro atoms. The summed E-state index contributed by atoms with van der Waals surface area (Å²) in [6, 6.07) is 9.32. The minimum absolute atomic E-state index is 0.0856. The van der Waals surface area contributed by atoms with Gasteiger partial charge in [-0.05, 0) is 59.7 Å². The standard InChI is InChI=1S/C20H30FN5O/c1-18(2)11-15(12-19(3,4)26(18)5)24-20(27)16(21)13-22-17(25-20)23-14-9-7-6-8-10-14/h6-10,13,15,24,27H,11-12H2,1-5H3,(H2,22,23,25). The first-order valence-corrected chi connectivity index (χ1v) is 9.30. The summed E-state index contributed by atoms with van der Waals surface area (Å²) >= 11 is 0. The van der Waals surface area contributed by atoms with Gasteiger partial charge in [-0.15, -0.1) is 0 Å². The van der Waals surface area contributed by atoms with Crippen LogP contribution >= 0.6 is 0 Å². The molecule has 2 heterocycles. The molecular weight excluding hydrogens is 345 g/mol. The van der Waals surface area contributed by atoms with E-state index in [4.69, 9.17) is 0 Å². The molecule has 1 unspecified atom stereocenters. The Balaban J connectivity index is 1.79. The molecule has 148 valence electrons. The molecule has 7 heteroatoms. The number of anilines is 1. The van der Waals surface area contributed by atoms with E-state index in [0.717, 1.165) is 24.7 Å². The van der Waals surface area contributed by atoms with Crippen LogP contribution in [0.5, 0.6) is 0 Å². The summed E-state index contributed by atoms with van der Waals surface area (Å²) in [5.41, 5.74) is 0.624. The highest BCUT2D eigenvalue weighted by molar-refractivity contribution is 5.95. The fraction of sp³-hybridized carbons (Fsp3) is 0.550. The summed E-state index contributed by atoms with van der Waals surface area (Å²) < 4.78 is 14.5. The lowest BCUT2D eigenvalue weighted by Crippen LogP contribution is -2.65. The Kier molecular flexibility index (Phi) is 5.05. The molecule has 0 amide bonds. The van der Waals surface area contributed by atoms with Gasteiger partial charge in [0, 0.05) is 29.0 Å². The zero-order valence-corrected chi connectivity index (χ0v) is 16.7. The van der Waals surface area contributed by atoms with Crippen molar-refractivity contribution in [1.29, 1.82) is 0 Å². The van der Waals surface area contributed by atoms with E-state index in [1.54, 1.807) is 0 Å². The van der Waals surface area contributed by atoms with E-state index in [2.05, 4.69) is 60.6 Å². The van der Waals surface area contributed by atoms with Crippen molar-refractivity contribution in [3.05, 3.63) is 42.4 Å². The maximum Gasteiger partial charge on any atom is 0.272 e. The second-order valence-electron chi connectivity index (χ2n) is 8.69. The van der Waals surface area contributed by atoms with E-state index in [-0.39, 0.29) is 23.1 Å². The number of nitrogens with zero attached hydrogens (tertiary/aromatic N) is 2. The van der Waals surface area contributed by atoms with Crippen molar-refractivity contribution in [1.82, 2.24) is 15.5 Å². The van der Waals surface area contributed by atoms with Crippen LogP contribution in [-0.4, -0.2) is 46.0 Å². The van der Waals surface area contributed by atoms with Crippen molar-refractivity contribution in [2.24, 2.45) is 4.99 Å². The van der Waals surface area contributed by atoms with Crippen LogP contribution in [0.15, 0.2) is 47.4 Å². The number of rotatable bonds is 3. The lowest BCUT2D eigenvalue weighted by Gasteiger charge is -2.54. The number of halogens is 1. The van der Waals surface area contributed by atoms with Crippen LogP contribution in [0, 0.1) is 0 Å². The zero-order chi connectivity index (χ0) is 19.9. The number of likely N-dealkylation sites (tertiary alicyclic amines) is 1. The summed E-state index contributed by atoms with van der Waals surface area (Å²) in [7, 11) is 2.11. The van der Waals surface area contributed by atoms with E-state index >= 15 is 0 Å². The zero-order valence-electron chi connectivity index (χ0n) is 16.7. The molecule has 2 aliphatic rings. The van der Waals surface area contributed by atoms with Crippen LogP contribution in [0.1, 0.15) is 40.5 Å². The molecule has 1 aromatic rings. The largest absolute Gasteiger partial charge is 0.352 e. The predicted octanol–water partition coefficient (Wildman–Crippen LogP) is 2.76. The molecule has 6 nitrogen and oxygen atoms in total. The third kappa shape index (κ3) is 4.15. The van der Waals surface area contributed by atoms with Crippen molar-refractivity contribution < 1.29 is 9.50 Å². The van der Waals surface area contributed by atoms with Gasteiger partial charge >= 0.3 is 0 Å². The molecule has 0 radical (unpaired) electrons. The molecule has 0 aliphatic carbocycles. The van der Waals surface area contributed by atoms with Gasteiger partial charge in [0.1, 0.15) is 0 Å². The van der Waals surface area contributed by atoms with Gasteiger partial charge in [-0.3, -0.25) is 10.2 Å². The Morgan fingerprint density at radius 3 is 2.33 bits per heavy atom. The summed E-state index contributed by atoms with van der Waals surface area (Å²) in [6.45, 7) is 8.64. The molecule has 0 saturated carbocycles. The van der Waals surface area contributed by atoms with Gasteiger partial charge in [-0.25, -0.2) is 4.39 Å². The maximum absolute atomic E-state index is 14.5. The van der Waals surface area contributed by atoms with E-state index in [1.165, 1.54) is 0 Å². The summed E-state index contributed by atoms with van der Waals surface area (Å²) in [5.74, 6) is -2.56. The van der Waals surface area contributed by atoms with E-state index in [9.17, 15) is 9.50 Å². The maximum atomic E-state index is 14.5. The number of benzene rings is 1. The van der Waals surface area contributed by atoms with E-state index in [0.29, 0.717) is 0 Å². The number of aliphatic hydroxyl groups is 1. The fourth-order valence-electron chi connectivity index (χ4n) is 4.06. The SMILES string of the molecule is CN1C(C)(C)CC(NC2(O)N=C(Nc3ccccc3)NC=C2F)CC1(C)C. The molecule has 0 aromatic heterocycles. The van der Waals surface area contributed by atoms with Crippen LogP contribution < -0.4 is 16.0 Å². The van der Waals surface area contributed by atoms with E-state index in [1.807, 2.05) is 30.3 Å². The van der Waals surface area contributed by atoms with Crippen LogP contribution in [0.2, 0.25) is 0 Å². The number of hydrogen-bond acceptors (Lipinski definition) is 6. The molecule has 1 fully saturated rings. The molecular formula is C20H30FN5O. The average Bonchev–Trinajstić information content (AvgIpc) is 2.56. The van der Waals surface area contributed by atoms with Gasteiger partial charge in [-0.1, -0.05) is 18.2 Å². The second-order valence-corrected chi connectivity index (χ2v) is 8.69. The minimum atomic E-state index is -2.09. The monoisotopic (exact) mass is 375 g/mol. The average molecular weight is 375 g/mol. The highest BCUT2D eigenvalue weighted by Crippen LogP contribution is 2.38. The summed E-state index contributed by atoms with van der Waals surface area (Å²) in [6.07, 6.45) is 2.68. The normalized spacial score (nSPS) is 28.1. The van der Waals surface area contributed by atoms with Gasteiger partial charge in [0.15, 0.2) is 5.83 Å². The topological polar surface area (TPSA) is 71.9 Å². The van der Waals surface area contributed by atoms with Crippen molar-refractivity contribution in [3.63, 3.8) is 0 Å². The van der Waals surface area contributed by atoms with Crippen molar-refractivity contribution in [3.8, 4) is 0 Å². The van der Waals surface area contributed by atoms with Crippen LogP contribution in [0.3, 0.4) is 0 Å².